The SMILES string of the molecule is CCCn1c(C)nc(-c2cccc(C)c2OC)c(CCc2ccccc2)c1=O. The zero-order chi connectivity index (χ0) is 20.1. The number of benzene rings is 2. The molecule has 0 fully saturated rings. The van der Waals surface area contributed by atoms with Crippen molar-refractivity contribution in [2.24, 2.45) is 0 Å². The third kappa shape index (κ3) is 4.01. The van der Waals surface area contributed by atoms with Gasteiger partial charge >= 0.3 is 0 Å². The second-order valence-electron chi connectivity index (χ2n) is 7.08. The molecule has 0 saturated carbocycles. The molecule has 3 aromatic rings. The topological polar surface area (TPSA) is 44.1 Å². The Kier molecular flexibility index (Phi) is 6.30. The molecule has 0 spiro atoms. The summed E-state index contributed by atoms with van der Waals surface area (Å²) in [5.74, 6) is 1.52. The summed E-state index contributed by atoms with van der Waals surface area (Å²) in [6, 6.07) is 16.3. The molecule has 0 aliphatic heterocycles. The zero-order valence-corrected chi connectivity index (χ0v) is 17.2. The van der Waals surface area contributed by atoms with Crippen LogP contribution in [0.3, 0.4) is 0 Å². The lowest BCUT2D eigenvalue weighted by Gasteiger charge is -2.17. The van der Waals surface area contributed by atoms with E-state index in [1.54, 1.807) is 11.7 Å². The Morgan fingerprint density at radius 1 is 1.00 bits per heavy atom. The fourth-order valence-corrected chi connectivity index (χ4v) is 3.66. The van der Waals surface area contributed by atoms with Crippen LogP contribution in [0.4, 0.5) is 0 Å². The number of hydrogen-bond acceptors (Lipinski definition) is 3. The maximum atomic E-state index is 13.4. The van der Waals surface area contributed by atoms with Crippen LogP contribution in [-0.4, -0.2) is 16.7 Å². The molecule has 0 saturated heterocycles. The van der Waals surface area contributed by atoms with Gasteiger partial charge < -0.3 is 4.74 Å². The van der Waals surface area contributed by atoms with E-state index in [2.05, 4.69) is 19.1 Å². The van der Waals surface area contributed by atoms with Crippen molar-refractivity contribution in [2.75, 3.05) is 7.11 Å². The molecule has 3 rings (SSSR count). The minimum Gasteiger partial charge on any atom is -0.496 e. The van der Waals surface area contributed by atoms with Crippen LogP contribution < -0.4 is 10.3 Å². The molecule has 0 atom stereocenters. The molecule has 1 aromatic heterocycles. The van der Waals surface area contributed by atoms with Gasteiger partial charge in [0.2, 0.25) is 0 Å². The van der Waals surface area contributed by atoms with Gasteiger partial charge in [0.15, 0.2) is 0 Å². The minimum atomic E-state index is 0.0591. The van der Waals surface area contributed by atoms with E-state index in [9.17, 15) is 4.79 Å². The number of aromatic nitrogens is 2. The van der Waals surface area contributed by atoms with Gasteiger partial charge in [0.25, 0.3) is 5.56 Å². The summed E-state index contributed by atoms with van der Waals surface area (Å²) in [7, 11) is 1.67. The first-order valence-electron chi connectivity index (χ1n) is 9.85. The Morgan fingerprint density at radius 2 is 1.75 bits per heavy atom. The summed E-state index contributed by atoms with van der Waals surface area (Å²) in [6.07, 6.45) is 2.34. The molecule has 0 aliphatic carbocycles. The Balaban J connectivity index is 2.16. The second kappa shape index (κ2) is 8.87. The van der Waals surface area contributed by atoms with E-state index in [4.69, 9.17) is 9.72 Å². The van der Waals surface area contributed by atoms with Crippen molar-refractivity contribution >= 4 is 0 Å². The number of nitrogens with zero attached hydrogens (tertiary/aromatic N) is 2. The van der Waals surface area contributed by atoms with Crippen molar-refractivity contribution in [1.82, 2.24) is 9.55 Å². The highest BCUT2D eigenvalue weighted by molar-refractivity contribution is 5.71. The quantitative estimate of drug-likeness (QED) is 0.599. The maximum Gasteiger partial charge on any atom is 0.257 e. The van der Waals surface area contributed by atoms with Crippen molar-refractivity contribution < 1.29 is 4.74 Å². The smallest absolute Gasteiger partial charge is 0.257 e. The molecule has 0 bridgehead atoms. The highest BCUT2D eigenvalue weighted by Gasteiger charge is 2.19. The molecule has 0 aliphatic rings. The average Bonchev–Trinajstić information content (AvgIpc) is 2.70. The third-order valence-electron chi connectivity index (χ3n) is 5.08. The molecule has 4 heteroatoms. The molecular weight excluding hydrogens is 348 g/mol. The van der Waals surface area contributed by atoms with Crippen molar-refractivity contribution in [3.8, 4) is 17.0 Å². The Labute approximate surface area is 166 Å². The highest BCUT2D eigenvalue weighted by Crippen LogP contribution is 2.33. The molecule has 0 amide bonds. The number of para-hydroxylation sites is 1. The van der Waals surface area contributed by atoms with Crippen molar-refractivity contribution in [2.45, 2.75) is 46.6 Å². The van der Waals surface area contributed by atoms with Gasteiger partial charge in [0.1, 0.15) is 11.6 Å². The summed E-state index contributed by atoms with van der Waals surface area (Å²) in [5.41, 5.74) is 4.69. The predicted octanol–water partition coefficient (Wildman–Crippen LogP) is 4.73. The van der Waals surface area contributed by atoms with Gasteiger partial charge in [-0.05, 0) is 50.3 Å². The van der Waals surface area contributed by atoms with Crippen molar-refractivity contribution in [3.63, 3.8) is 0 Å². The van der Waals surface area contributed by atoms with Crippen LogP contribution in [0.15, 0.2) is 53.3 Å². The largest absolute Gasteiger partial charge is 0.496 e. The number of aryl methyl sites for hydroxylation is 3. The standard InChI is InChI=1S/C24H28N2O2/c1-5-16-26-18(3)25-22(20-13-9-10-17(2)23(20)28-4)21(24(26)27)15-14-19-11-7-6-8-12-19/h6-13H,5,14-16H2,1-4H3. The lowest BCUT2D eigenvalue weighted by molar-refractivity contribution is 0.413. The van der Waals surface area contributed by atoms with E-state index in [-0.39, 0.29) is 5.56 Å². The van der Waals surface area contributed by atoms with Crippen LogP contribution in [-0.2, 0) is 19.4 Å². The highest BCUT2D eigenvalue weighted by atomic mass is 16.5. The van der Waals surface area contributed by atoms with E-state index in [0.717, 1.165) is 46.8 Å². The lowest BCUT2D eigenvalue weighted by Crippen LogP contribution is -2.28. The van der Waals surface area contributed by atoms with E-state index in [1.807, 2.05) is 50.2 Å². The summed E-state index contributed by atoms with van der Waals surface area (Å²) in [4.78, 5) is 18.2. The van der Waals surface area contributed by atoms with Crippen LogP contribution in [0.25, 0.3) is 11.3 Å². The molecule has 1 heterocycles. The average molecular weight is 377 g/mol. The van der Waals surface area contributed by atoms with Crippen LogP contribution in [0.5, 0.6) is 5.75 Å². The van der Waals surface area contributed by atoms with Crippen molar-refractivity contribution in [3.05, 3.63) is 81.4 Å². The normalized spacial score (nSPS) is 10.9. The number of hydrogen-bond donors (Lipinski definition) is 0. The Bertz CT molecular complexity index is 1010. The van der Waals surface area contributed by atoms with Gasteiger partial charge in [0.05, 0.1) is 12.8 Å². The minimum absolute atomic E-state index is 0.0591. The first-order chi connectivity index (χ1) is 13.6. The molecule has 146 valence electrons. The van der Waals surface area contributed by atoms with Gasteiger partial charge in [-0.1, -0.05) is 49.4 Å². The van der Waals surface area contributed by atoms with E-state index in [0.29, 0.717) is 13.0 Å². The predicted molar refractivity (Wildman–Crippen MR) is 114 cm³/mol. The molecule has 0 unspecified atom stereocenters. The number of rotatable bonds is 7. The summed E-state index contributed by atoms with van der Waals surface area (Å²) >= 11 is 0. The fraction of sp³-hybridized carbons (Fsp3) is 0.333. The molecule has 2 aromatic carbocycles. The molecule has 4 nitrogen and oxygen atoms in total. The van der Waals surface area contributed by atoms with Crippen LogP contribution >= 0.6 is 0 Å². The maximum absolute atomic E-state index is 13.4. The van der Waals surface area contributed by atoms with E-state index >= 15 is 0 Å². The number of ether oxygens (including phenoxy) is 1. The summed E-state index contributed by atoms with van der Waals surface area (Å²) in [6.45, 7) is 6.68. The molecule has 28 heavy (non-hydrogen) atoms. The molecule has 0 N–H and O–H groups in total. The molecular formula is C24H28N2O2. The van der Waals surface area contributed by atoms with Gasteiger partial charge in [0, 0.05) is 17.7 Å². The fourth-order valence-electron chi connectivity index (χ4n) is 3.66. The number of methoxy groups -OCH3 is 1. The summed E-state index contributed by atoms with van der Waals surface area (Å²) in [5, 5.41) is 0. The summed E-state index contributed by atoms with van der Waals surface area (Å²) < 4.78 is 7.45. The van der Waals surface area contributed by atoms with Gasteiger partial charge in [-0.3, -0.25) is 9.36 Å². The lowest BCUT2D eigenvalue weighted by atomic mass is 9.98. The van der Waals surface area contributed by atoms with E-state index in [1.165, 1.54) is 5.56 Å². The van der Waals surface area contributed by atoms with Gasteiger partial charge in [-0.2, -0.15) is 0 Å². The molecule has 0 radical (unpaired) electrons. The van der Waals surface area contributed by atoms with Crippen LogP contribution in [0.1, 0.15) is 35.9 Å². The Hall–Kier alpha value is -2.88. The van der Waals surface area contributed by atoms with Crippen molar-refractivity contribution in [1.29, 1.82) is 0 Å². The van der Waals surface area contributed by atoms with Gasteiger partial charge in [-0.15, -0.1) is 0 Å². The first kappa shape index (κ1) is 19.9. The second-order valence-corrected chi connectivity index (χ2v) is 7.08. The van der Waals surface area contributed by atoms with E-state index < -0.39 is 0 Å². The Morgan fingerprint density at radius 3 is 2.43 bits per heavy atom. The van der Waals surface area contributed by atoms with Crippen LogP contribution in [0, 0.1) is 13.8 Å². The van der Waals surface area contributed by atoms with Crippen LogP contribution in [0.2, 0.25) is 0 Å². The first-order valence-corrected chi connectivity index (χ1v) is 9.85. The zero-order valence-electron chi connectivity index (χ0n) is 17.2. The third-order valence-corrected chi connectivity index (χ3v) is 5.08. The monoisotopic (exact) mass is 376 g/mol. The van der Waals surface area contributed by atoms with Gasteiger partial charge in [-0.25, -0.2) is 4.98 Å².